The first-order valence-corrected chi connectivity index (χ1v) is 8.27. The van der Waals surface area contributed by atoms with Crippen molar-refractivity contribution >= 4 is 26.5 Å². The summed E-state index contributed by atoms with van der Waals surface area (Å²) in [5.41, 5.74) is 0.882. The molecule has 0 aliphatic rings. The first-order valence-electron chi connectivity index (χ1n) is 6.38. The number of sulfone groups is 1. The molecular weight excluding hydrogens is 302 g/mol. The van der Waals surface area contributed by atoms with Gasteiger partial charge in [-0.15, -0.1) is 0 Å². The number of fused-ring (bicyclic) bond motifs is 1. The molecule has 114 valence electrons. The first kappa shape index (κ1) is 15.8. The Balaban J connectivity index is 2.50. The lowest BCUT2D eigenvalue weighted by atomic mass is 10.1. The fraction of sp³-hybridized carbons (Fsp3) is 0.200. The molecule has 0 aliphatic heterocycles. The van der Waals surface area contributed by atoms with Gasteiger partial charge in [-0.25, -0.2) is 8.42 Å². The number of aromatic amines is 1. The van der Waals surface area contributed by atoms with Crippen molar-refractivity contribution in [2.24, 2.45) is 0 Å². The summed E-state index contributed by atoms with van der Waals surface area (Å²) in [4.78, 5) is 17.0. The van der Waals surface area contributed by atoms with E-state index in [0.717, 1.165) is 6.26 Å². The summed E-state index contributed by atoms with van der Waals surface area (Å²) in [6.07, 6.45) is 2.57. The normalized spacial score (nSPS) is 12.2. The van der Waals surface area contributed by atoms with Gasteiger partial charge in [0.25, 0.3) is 0 Å². The van der Waals surface area contributed by atoms with Gasteiger partial charge in [0.05, 0.1) is 10.6 Å². The molecule has 1 aromatic heterocycles. The summed E-state index contributed by atoms with van der Waals surface area (Å²) in [6, 6.07) is 7.99. The minimum absolute atomic E-state index is 0.0000994. The predicted molar refractivity (Wildman–Crippen MR) is 83.1 cm³/mol. The van der Waals surface area contributed by atoms with Crippen molar-refractivity contribution in [3.63, 3.8) is 0 Å². The molecule has 22 heavy (non-hydrogen) atoms. The highest BCUT2D eigenvalue weighted by molar-refractivity contribution is 7.90. The molecule has 0 fully saturated rings. The van der Waals surface area contributed by atoms with Crippen molar-refractivity contribution in [3.05, 3.63) is 41.7 Å². The Morgan fingerprint density at radius 3 is 2.55 bits per heavy atom. The average Bonchev–Trinajstić information content (AvgIpc) is 2.85. The number of nitriles is 1. The minimum atomic E-state index is -3.31. The van der Waals surface area contributed by atoms with Crippen LogP contribution in [-0.2, 0) is 9.84 Å². The number of allylic oxidation sites excluding steroid dienone is 1. The number of hydrogen-bond donors (Lipinski definition) is 1. The molecule has 6 nitrogen and oxygen atoms in total. The van der Waals surface area contributed by atoms with Gasteiger partial charge in [0.1, 0.15) is 11.6 Å². The number of hydrogen-bond acceptors (Lipinski definition) is 5. The van der Waals surface area contributed by atoms with Crippen LogP contribution in [-0.4, -0.2) is 44.4 Å². The lowest BCUT2D eigenvalue weighted by Gasteiger charge is -2.04. The standard InChI is InChI=1S/C15H15N3O3S/c1-18(2)9-11(8-16)15(19)14-7-10-6-12(22(3,20)21)4-5-13(10)17-14/h4-7,9,17H,1-3H3/b11-9-. The lowest BCUT2D eigenvalue weighted by molar-refractivity contribution is 0.103. The van der Waals surface area contributed by atoms with Crippen LogP contribution in [0.3, 0.4) is 0 Å². The van der Waals surface area contributed by atoms with Crippen molar-refractivity contribution in [2.45, 2.75) is 4.90 Å². The molecule has 2 rings (SSSR count). The second-order valence-electron chi connectivity index (χ2n) is 5.15. The monoisotopic (exact) mass is 317 g/mol. The summed E-state index contributed by atoms with van der Waals surface area (Å²) in [6.45, 7) is 0. The van der Waals surface area contributed by atoms with Crippen LogP contribution < -0.4 is 0 Å². The molecule has 1 heterocycles. The van der Waals surface area contributed by atoms with Crippen LogP contribution in [0.4, 0.5) is 0 Å². The molecule has 0 saturated heterocycles. The zero-order chi connectivity index (χ0) is 16.5. The molecule has 1 aromatic carbocycles. The number of Topliss-reactive ketones (excluding diaryl/α,β-unsaturated/α-hetero) is 1. The molecular formula is C15H15N3O3S. The summed E-state index contributed by atoms with van der Waals surface area (Å²) >= 11 is 0. The molecule has 1 N–H and O–H groups in total. The van der Waals surface area contributed by atoms with E-state index < -0.39 is 15.6 Å². The molecule has 7 heteroatoms. The van der Waals surface area contributed by atoms with Gasteiger partial charge < -0.3 is 9.88 Å². The highest BCUT2D eigenvalue weighted by atomic mass is 32.2. The number of nitrogens with zero attached hydrogens (tertiary/aromatic N) is 2. The highest BCUT2D eigenvalue weighted by Gasteiger charge is 2.16. The molecule has 0 amide bonds. The molecule has 2 aromatic rings. The van der Waals surface area contributed by atoms with Crippen LogP contribution in [0.15, 0.2) is 40.9 Å². The number of benzene rings is 1. The maximum Gasteiger partial charge on any atom is 0.221 e. The Morgan fingerprint density at radius 1 is 1.32 bits per heavy atom. The molecule has 0 radical (unpaired) electrons. The van der Waals surface area contributed by atoms with Crippen LogP contribution in [0.2, 0.25) is 0 Å². The van der Waals surface area contributed by atoms with Crippen molar-refractivity contribution in [1.29, 1.82) is 5.26 Å². The zero-order valence-electron chi connectivity index (χ0n) is 12.4. The average molecular weight is 317 g/mol. The molecule has 0 saturated carbocycles. The molecule has 0 aliphatic carbocycles. The van der Waals surface area contributed by atoms with Gasteiger partial charge in [-0.2, -0.15) is 5.26 Å². The van der Waals surface area contributed by atoms with Crippen LogP contribution in [0.25, 0.3) is 10.9 Å². The zero-order valence-corrected chi connectivity index (χ0v) is 13.2. The quantitative estimate of drug-likeness (QED) is 0.526. The van der Waals surface area contributed by atoms with Crippen molar-refractivity contribution in [3.8, 4) is 6.07 Å². The van der Waals surface area contributed by atoms with Gasteiger partial charge >= 0.3 is 0 Å². The Kier molecular flexibility index (Phi) is 4.06. The number of rotatable bonds is 4. The third-order valence-corrected chi connectivity index (χ3v) is 4.13. The van der Waals surface area contributed by atoms with Gasteiger partial charge in [0.15, 0.2) is 9.84 Å². The maximum absolute atomic E-state index is 12.3. The largest absolute Gasteiger partial charge is 0.382 e. The van der Waals surface area contributed by atoms with Gasteiger partial charge in [-0.05, 0) is 24.3 Å². The minimum Gasteiger partial charge on any atom is -0.382 e. The summed E-state index contributed by atoms with van der Waals surface area (Å²) in [5.74, 6) is -0.437. The van der Waals surface area contributed by atoms with Crippen molar-refractivity contribution in [1.82, 2.24) is 9.88 Å². The Bertz CT molecular complexity index is 915. The van der Waals surface area contributed by atoms with E-state index in [-0.39, 0.29) is 16.2 Å². The number of carbonyl (C=O) groups is 1. The van der Waals surface area contributed by atoms with E-state index in [1.54, 1.807) is 31.1 Å². The van der Waals surface area contributed by atoms with Crippen LogP contribution in [0, 0.1) is 11.3 Å². The van der Waals surface area contributed by atoms with E-state index >= 15 is 0 Å². The number of ketones is 1. The second kappa shape index (κ2) is 5.66. The third kappa shape index (κ3) is 3.18. The van der Waals surface area contributed by atoms with Crippen molar-refractivity contribution < 1.29 is 13.2 Å². The van der Waals surface area contributed by atoms with E-state index in [1.807, 2.05) is 6.07 Å². The van der Waals surface area contributed by atoms with Gasteiger partial charge in [-0.1, -0.05) is 0 Å². The Labute approximate surface area is 128 Å². The second-order valence-corrected chi connectivity index (χ2v) is 7.17. The van der Waals surface area contributed by atoms with Gasteiger partial charge in [-0.3, -0.25) is 4.79 Å². The van der Waals surface area contributed by atoms with E-state index in [1.165, 1.54) is 18.3 Å². The molecule has 0 bridgehead atoms. The predicted octanol–water partition coefficient (Wildman–Crippen LogP) is 1.72. The van der Waals surface area contributed by atoms with Crippen LogP contribution in [0.5, 0.6) is 0 Å². The SMILES string of the molecule is CN(C)/C=C(/C#N)C(=O)c1cc2cc(S(C)(=O)=O)ccc2[nH]1. The summed E-state index contributed by atoms with van der Waals surface area (Å²) < 4.78 is 23.1. The van der Waals surface area contributed by atoms with Crippen molar-refractivity contribution in [2.75, 3.05) is 20.4 Å². The smallest absolute Gasteiger partial charge is 0.221 e. The lowest BCUT2D eigenvalue weighted by Crippen LogP contribution is -2.09. The fourth-order valence-corrected chi connectivity index (χ4v) is 2.66. The molecule has 0 atom stereocenters. The fourth-order valence-electron chi connectivity index (χ4n) is 2.01. The highest BCUT2D eigenvalue weighted by Crippen LogP contribution is 2.21. The number of aromatic nitrogens is 1. The summed E-state index contributed by atoms with van der Waals surface area (Å²) in [7, 11) is 0.122. The number of nitrogens with one attached hydrogen (secondary N) is 1. The number of carbonyl (C=O) groups excluding carboxylic acids is 1. The van der Waals surface area contributed by atoms with E-state index in [0.29, 0.717) is 10.9 Å². The van der Waals surface area contributed by atoms with Crippen LogP contribution >= 0.6 is 0 Å². The van der Waals surface area contributed by atoms with E-state index in [9.17, 15) is 13.2 Å². The van der Waals surface area contributed by atoms with E-state index in [2.05, 4.69) is 4.98 Å². The third-order valence-electron chi connectivity index (χ3n) is 3.02. The van der Waals surface area contributed by atoms with Gasteiger partial charge in [0, 0.05) is 37.5 Å². The van der Waals surface area contributed by atoms with E-state index in [4.69, 9.17) is 5.26 Å². The maximum atomic E-state index is 12.3. The Hall–Kier alpha value is -2.59. The number of H-pyrrole nitrogens is 1. The molecule has 0 unspecified atom stereocenters. The summed E-state index contributed by atoms with van der Waals surface area (Å²) in [5, 5.41) is 9.68. The van der Waals surface area contributed by atoms with Gasteiger partial charge in [0.2, 0.25) is 5.78 Å². The first-order chi connectivity index (χ1) is 10.2. The van der Waals surface area contributed by atoms with Crippen LogP contribution in [0.1, 0.15) is 10.5 Å². The topological polar surface area (TPSA) is 94.0 Å². The Morgan fingerprint density at radius 2 is 2.00 bits per heavy atom. The molecule has 0 spiro atoms.